The minimum absolute atomic E-state index is 0.0212. The number of carbonyl (C=O) groups is 1. The van der Waals surface area contributed by atoms with E-state index in [4.69, 9.17) is 4.74 Å². The fraction of sp³-hybridized carbons (Fsp3) is 0.167. The number of para-hydroxylation sites is 2. The average molecular weight is 449 g/mol. The van der Waals surface area contributed by atoms with E-state index in [-0.39, 0.29) is 18.0 Å². The molecule has 4 aromatic carbocycles. The van der Waals surface area contributed by atoms with Crippen LogP contribution in [0.5, 0.6) is 5.75 Å². The van der Waals surface area contributed by atoms with Crippen molar-refractivity contribution in [1.82, 2.24) is 4.90 Å². The lowest BCUT2D eigenvalue weighted by molar-refractivity contribution is 0.0647. The van der Waals surface area contributed by atoms with Gasteiger partial charge in [0.15, 0.2) is 0 Å². The van der Waals surface area contributed by atoms with Gasteiger partial charge in [0, 0.05) is 12.2 Å². The second-order valence-electron chi connectivity index (χ2n) is 8.60. The van der Waals surface area contributed by atoms with Gasteiger partial charge in [-0.3, -0.25) is 4.79 Å². The Bertz CT molecular complexity index is 1260. The van der Waals surface area contributed by atoms with E-state index >= 15 is 0 Å². The summed E-state index contributed by atoms with van der Waals surface area (Å²) in [7, 11) is 1.67. The molecular formula is C30H28N2O2. The summed E-state index contributed by atoms with van der Waals surface area (Å²) in [6.07, 6.45) is 0. The van der Waals surface area contributed by atoms with Gasteiger partial charge in [-0.15, -0.1) is 0 Å². The van der Waals surface area contributed by atoms with Crippen molar-refractivity contribution in [3.05, 3.63) is 126 Å². The van der Waals surface area contributed by atoms with Crippen molar-refractivity contribution in [2.24, 2.45) is 0 Å². The lowest BCUT2D eigenvalue weighted by Crippen LogP contribution is -2.42. The molecule has 0 fully saturated rings. The fourth-order valence-corrected chi connectivity index (χ4v) is 4.94. The van der Waals surface area contributed by atoms with Crippen molar-refractivity contribution in [3.8, 4) is 5.75 Å². The number of ether oxygens (including phenoxy) is 1. The molecular weight excluding hydrogens is 420 g/mol. The number of methoxy groups -OCH3 is 1. The number of carbonyl (C=O) groups excluding carboxylic acids is 1. The van der Waals surface area contributed by atoms with E-state index in [1.54, 1.807) is 7.11 Å². The van der Waals surface area contributed by atoms with Gasteiger partial charge in [-0.2, -0.15) is 0 Å². The van der Waals surface area contributed by atoms with Crippen LogP contribution in [0.25, 0.3) is 0 Å². The van der Waals surface area contributed by atoms with Crippen molar-refractivity contribution in [2.45, 2.75) is 25.6 Å². The lowest BCUT2D eigenvalue weighted by atomic mass is 9.96. The summed E-state index contributed by atoms with van der Waals surface area (Å²) in [5.74, 6) is 0.833. The van der Waals surface area contributed by atoms with Crippen LogP contribution >= 0.6 is 0 Å². The van der Waals surface area contributed by atoms with E-state index < -0.39 is 0 Å². The van der Waals surface area contributed by atoms with Gasteiger partial charge < -0.3 is 14.5 Å². The van der Waals surface area contributed by atoms with Crippen LogP contribution in [-0.2, 0) is 6.54 Å². The van der Waals surface area contributed by atoms with Crippen molar-refractivity contribution in [2.75, 3.05) is 12.0 Å². The van der Waals surface area contributed by atoms with Crippen LogP contribution in [0, 0.1) is 0 Å². The summed E-state index contributed by atoms with van der Waals surface area (Å²) in [4.78, 5) is 18.5. The minimum atomic E-state index is -0.175. The quantitative estimate of drug-likeness (QED) is 0.344. The third kappa shape index (κ3) is 4.03. The van der Waals surface area contributed by atoms with E-state index in [9.17, 15) is 4.79 Å². The average Bonchev–Trinajstić information content (AvgIpc) is 2.98. The number of hydrogen-bond donors (Lipinski definition) is 0. The van der Waals surface area contributed by atoms with Crippen LogP contribution in [0.1, 0.15) is 34.5 Å². The van der Waals surface area contributed by atoms with Crippen LogP contribution < -0.4 is 9.64 Å². The van der Waals surface area contributed by atoms with Crippen molar-refractivity contribution in [3.63, 3.8) is 0 Å². The molecule has 5 rings (SSSR count). The first kappa shape index (κ1) is 21.8. The highest BCUT2D eigenvalue weighted by Crippen LogP contribution is 2.42. The molecule has 0 spiro atoms. The maximum absolute atomic E-state index is 14.1. The van der Waals surface area contributed by atoms with Gasteiger partial charge in [-0.05, 0) is 54.4 Å². The molecule has 2 atom stereocenters. The van der Waals surface area contributed by atoms with E-state index in [1.165, 1.54) is 0 Å². The Labute approximate surface area is 201 Å². The first-order valence-electron chi connectivity index (χ1n) is 11.6. The largest absolute Gasteiger partial charge is 0.497 e. The second-order valence-corrected chi connectivity index (χ2v) is 8.60. The van der Waals surface area contributed by atoms with E-state index in [0.717, 1.165) is 28.3 Å². The van der Waals surface area contributed by atoms with Gasteiger partial charge in [0.1, 0.15) is 5.75 Å². The van der Waals surface area contributed by atoms with Crippen LogP contribution in [0.3, 0.4) is 0 Å². The molecule has 0 aliphatic carbocycles. The molecule has 0 saturated carbocycles. The zero-order valence-corrected chi connectivity index (χ0v) is 19.5. The molecule has 4 nitrogen and oxygen atoms in total. The van der Waals surface area contributed by atoms with Crippen LogP contribution in [0.15, 0.2) is 109 Å². The number of hydrogen-bond acceptors (Lipinski definition) is 3. The number of fused-ring (bicyclic) bond motifs is 1. The SMILES string of the molecule is COc1ccc([C@@H]2[C@@H](C)N(c3ccccc3)c3ccccc3C(=O)N2Cc2ccccc2)cc1. The van der Waals surface area contributed by atoms with E-state index in [1.807, 2.05) is 77.7 Å². The maximum Gasteiger partial charge on any atom is 0.256 e. The fourth-order valence-electron chi connectivity index (χ4n) is 4.94. The van der Waals surface area contributed by atoms with Crippen LogP contribution in [0.4, 0.5) is 11.4 Å². The van der Waals surface area contributed by atoms with Gasteiger partial charge in [0.2, 0.25) is 0 Å². The summed E-state index contributed by atoms with van der Waals surface area (Å²) in [6, 6.07) is 36.4. The topological polar surface area (TPSA) is 32.8 Å². The molecule has 1 aliphatic rings. The van der Waals surface area contributed by atoms with E-state index in [0.29, 0.717) is 12.1 Å². The van der Waals surface area contributed by atoms with Gasteiger partial charge in [-0.1, -0.05) is 72.8 Å². The summed E-state index contributed by atoms with van der Waals surface area (Å²) >= 11 is 0. The third-order valence-electron chi connectivity index (χ3n) is 6.54. The number of benzene rings is 4. The molecule has 1 aliphatic heterocycles. The van der Waals surface area contributed by atoms with Crippen LogP contribution in [0.2, 0.25) is 0 Å². The molecule has 0 saturated heterocycles. The Morgan fingerprint density at radius 2 is 1.38 bits per heavy atom. The Kier molecular flexibility index (Phi) is 6.05. The molecule has 4 aromatic rings. The highest BCUT2D eigenvalue weighted by atomic mass is 16.5. The van der Waals surface area contributed by atoms with Crippen molar-refractivity contribution < 1.29 is 9.53 Å². The Morgan fingerprint density at radius 3 is 2.06 bits per heavy atom. The Hall–Kier alpha value is -4.05. The molecule has 170 valence electrons. The lowest BCUT2D eigenvalue weighted by Gasteiger charge is -2.39. The molecule has 0 bridgehead atoms. The Balaban J connectivity index is 1.70. The van der Waals surface area contributed by atoms with Crippen molar-refractivity contribution in [1.29, 1.82) is 0 Å². The monoisotopic (exact) mass is 448 g/mol. The summed E-state index contributed by atoms with van der Waals surface area (Å²) in [5, 5.41) is 0. The second kappa shape index (κ2) is 9.44. The molecule has 0 N–H and O–H groups in total. The highest BCUT2D eigenvalue weighted by Gasteiger charge is 2.39. The zero-order valence-electron chi connectivity index (χ0n) is 19.5. The Morgan fingerprint density at radius 1 is 0.765 bits per heavy atom. The molecule has 0 aromatic heterocycles. The normalized spacial score (nSPS) is 17.8. The smallest absolute Gasteiger partial charge is 0.256 e. The van der Waals surface area contributed by atoms with Crippen molar-refractivity contribution >= 4 is 17.3 Å². The number of anilines is 2. The standard InChI is InChI=1S/C30H28N2O2/c1-22-29(24-17-19-26(34-2)20-18-24)31(21-23-11-5-3-6-12-23)30(33)27-15-9-10-16-28(27)32(22)25-13-7-4-8-14-25/h3-20,22,29H,21H2,1-2H3/t22-,29+/m1/s1. The zero-order chi connectivity index (χ0) is 23.5. The maximum atomic E-state index is 14.1. The number of nitrogens with zero attached hydrogens (tertiary/aromatic N) is 2. The van der Waals surface area contributed by atoms with Crippen LogP contribution in [-0.4, -0.2) is 24.0 Å². The first-order chi connectivity index (χ1) is 16.7. The van der Waals surface area contributed by atoms with Gasteiger partial charge in [-0.25, -0.2) is 0 Å². The van der Waals surface area contributed by atoms with Gasteiger partial charge >= 0.3 is 0 Å². The predicted molar refractivity (Wildman–Crippen MR) is 137 cm³/mol. The van der Waals surface area contributed by atoms with Gasteiger partial charge in [0.05, 0.1) is 30.4 Å². The molecule has 1 heterocycles. The minimum Gasteiger partial charge on any atom is -0.497 e. The summed E-state index contributed by atoms with van der Waals surface area (Å²) in [6.45, 7) is 2.73. The van der Waals surface area contributed by atoms with Gasteiger partial charge in [0.25, 0.3) is 5.91 Å². The van der Waals surface area contributed by atoms with E-state index in [2.05, 4.69) is 48.2 Å². The number of rotatable bonds is 5. The summed E-state index contributed by atoms with van der Waals surface area (Å²) < 4.78 is 5.40. The molecule has 1 amide bonds. The molecule has 34 heavy (non-hydrogen) atoms. The highest BCUT2D eigenvalue weighted by molar-refractivity contribution is 6.02. The molecule has 4 heteroatoms. The third-order valence-corrected chi connectivity index (χ3v) is 6.54. The molecule has 0 radical (unpaired) electrons. The molecule has 0 unspecified atom stereocenters. The first-order valence-corrected chi connectivity index (χ1v) is 11.6. The predicted octanol–water partition coefficient (Wildman–Crippen LogP) is 6.62. The summed E-state index contributed by atoms with van der Waals surface area (Å²) in [5.41, 5.74) is 4.89. The number of amides is 1.